The molecule has 7 heteroatoms. The molecule has 3 rings (SSSR count). The van der Waals surface area contributed by atoms with E-state index < -0.39 is 10.0 Å². The van der Waals surface area contributed by atoms with E-state index in [9.17, 15) is 13.2 Å². The molecule has 0 fully saturated rings. The second-order valence-corrected chi connectivity index (χ2v) is 8.79. The zero-order valence-corrected chi connectivity index (χ0v) is 17.9. The van der Waals surface area contributed by atoms with Crippen LogP contribution in [0.1, 0.15) is 24.2 Å². The lowest BCUT2D eigenvalue weighted by atomic mass is 10.2. The van der Waals surface area contributed by atoms with Crippen molar-refractivity contribution in [3.63, 3.8) is 0 Å². The van der Waals surface area contributed by atoms with Crippen LogP contribution in [0.2, 0.25) is 0 Å². The third kappa shape index (κ3) is 5.25. The van der Waals surface area contributed by atoms with Gasteiger partial charge in [0.05, 0.1) is 4.90 Å². The number of carbonyl (C=O) groups is 1. The summed E-state index contributed by atoms with van der Waals surface area (Å²) in [6.07, 6.45) is 0. The molecule has 0 spiro atoms. The minimum Gasteiger partial charge on any atom is -0.457 e. The van der Waals surface area contributed by atoms with Crippen molar-refractivity contribution in [1.82, 2.24) is 4.72 Å². The number of carbonyl (C=O) groups excluding carboxylic acids is 1. The van der Waals surface area contributed by atoms with Crippen LogP contribution in [0.15, 0.2) is 83.8 Å². The summed E-state index contributed by atoms with van der Waals surface area (Å²) in [6.45, 7) is 3.50. The summed E-state index contributed by atoms with van der Waals surface area (Å²) in [7, 11) is -1.93. The molecule has 0 aliphatic heterocycles. The van der Waals surface area contributed by atoms with Crippen molar-refractivity contribution < 1.29 is 17.9 Å². The Kier molecular flexibility index (Phi) is 6.54. The fourth-order valence-electron chi connectivity index (χ4n) is 2.83. The number of hydrogen-bond donors (Lipinski definition) is 1. The maximum absolute atomic E-state index is 12.8. The van der Waals surface area contributed by atoms with Crippen LogP contribution in [0.5, 0.6) is 11.5 Å². The van der Waals surface area contributed by atoms with Crippen molar-refractivity contribution in [2.45, 2.75) is 24.8 Å². The highest BCUT2D eigenvalue weighted by atomic mass is 32.2. The Morgan fingerprint density at radius 1 is 0.867 bits per heavy atom. The monoisotopic (exact) mass is 424 g/mol. The van der Waals surface area contributed by atoms with Crippen molar-refractivity contribution >= 4 is 21.6 Å². The minimum atomic E-state index is -3.59. The number of para-hydroxylation sites is 1. The first-order valence-electron chi connectivity index (χ1n) is 9.50. The van der Waals surface area contributed by atoms with Crippen LogP contribution < -0.4 is 14.4 Å². The summed E-state index contributed by atoms with van der Waals surface area (Å²) < 4.78 is 32.7. The third-order valence-corrected chi connectivity index (χ3v) is 5.98. The second kappa shape index (κ2) is 9.11. The number of hydrogen-bond acceptors (Lipinski definition) is 4. The molecule has 0 aromatic heterocycles. The lowest BCUT2D eigenvalue weighted by Gasteiger charge is -2.18. The largest absolute Gasteiger partial charge is 0.457 e. The van der Waals surface area contributed by atoms with E-state index in [0.29, 0.717) is 17.0 Å². The van der Waals surface area contributed by atoms with Gasteiger partial charge in [0.15, 0.2) is 0 Å². The highest BCUT2D eigenvalue weighted by molar-refractivity contribution is 7.89. The first-order chi connectivity index (χ1) is 14.3. The Hall–Kier alpha value is -3.16. The molecule has 3 aromatic rings. The number of rotatable bonds is 7. The standard InChI is InChI=1S/C23H24N2O4S/c1-17(2)24-30(27,28)22-15-9-18(10-16-22)23(26)25(3)19-11-13-21(14-12-19)29-20-7-5-4-6-8-20/h4-17,24H,1-3H3. The lowest BCUT2D eigenvalue weighted by molar-refractivity contribution is 0.0993. The molecule has 0 saturated heterocycles. The van der Waals surface area contributed by atoms with Crippen molar-refractivity contribution in [2.75, 3.05) is 11.9 Å². The second-order valence-electron chi connectivity index (χ2n) is 7.07. The molecule has 3 aromatic carbocycles. The number of amides is 1. The van der Waals surface area contributed by atoms with E-state index >= 15 is 0 Å². The Bertz CT molecular complexity index is 1090. The van der Waals surface area contributed by atoms with Crippen molar-refractivity contribution in [3.8, 4) is 11.5 Å². The van der Waals surface area contributed by atoms with Gasteiger partial charge in [-0.25, -0.2) is 13.1 Å². The first kappa shape index (κ1) is 21.5. The number of benzene rings is 3. The van der Waals surface area contributed by atoms with Gasteiger partial charge >= 0.3 is 0 Å². The van der Waals surface area contributed by atoms with E-state index in [0.717, 1.165) is 5.75 Å². The molecule has 0 aliphatic carbocycles. The third-order valence-electron chi connectivity index (χ3n) is 4.31. The minimum absolute atomic E-state index is 0.123. The van der Waals surface area contributed by atoms with E-state index in [4.69, 9.17) is 4.74 Å². The van der Waals surface area contributed by atoms with Crippen molar-refractivity contribution in [2.24, 2.45) is 0 Å². The average Bonchev–Trinajstić information content (AvgIpc) is 2.73. The van der Waals surface area contributed by atoms with Gasteiger partial charge < -0.3 is 9.64 Å². The molecule has 156 valence electrons. The predicted molar refractivity (Wildman–Crippen MR) is 118 cm³/mol. The molecule has 0 unspecified atom stereocenters. The van der Waals surface area contributed by atoms with Crippen molar-refractivity contribution in [1.29, 1.82) is 0 Å². The van der Waals surface area contributed by atoms with Crippen LogP contribution in [0.4, 0.5) is 5.69 Å². The molecular weight excluding hydrogens is 400 g/mol. The first-order valence-corrected chi connectivity index (χ1v) is 11.0. The van der Waals surface area contributed by atoms with Crippen LogP contribution in [-0.4, -0.2) is 27.4 Å². The van der Waals surface area contributed by atoms with Gasteiger partial charge in [-0.05, 0) is 74.5 Å². The number of nitrogens with zero attached hydrogens (tertiary/aromatic N) is 1. The predicted octanol–water partition coefficient (Wildman–Crippen LogP) is 4.44. The number of sulfonamides is 1. The smallest absolute Gasteiger partial charge is 0.258 e. The van der Waals surface area contributed by atoms with Crippen LogP contribution in [0.25, 0.3) is 0 Å². The van der Waals surface area contributed by atoms with Gasteiger partial charge in [0, 0.05) is 24.3 Å². The Labute approximate surface area is 177 Å². The molecule has 0 aliphatic rings. The maximum atomic E-state index is 12.8. The zero-order valence-electron chi connectivity index (χ0n) is 17.1. The molecule has 0 radical (unpaired) electrons. The van der Waals surface area contributed by atoms with Crippen LogP contribution in [-0.2, 0) is 10.0 Å². The van der Waals surface area contributed by atoms with Gasteiger partial charge in [-0.3, -0.25) is 4.79 Å². The highest BCUT2D eigenvalue weighted by Crippen LogP contribution is 2.25. The molecular formula is C23H24N2O4S. The van der Waals surface area contributed by atoms with E-state index in [2.05, 4.69) is 4.72 Å². The average molecular weight is 425 g/mol. The van der Waals surface area contributed by atoms with Crippen molar-refractivity contribution in [3.05, 3.63) is 84.4 Å². The van der Waals surface area contributed by atoms with Gasteiger partial charge in [0.1, 0.15) is 11.5 Å². The molecule has 30 heavy (non-hydrogen) atoms. The van der Waals surface area contributed by atoms with Crippen LogP contribution in [0, 0.1) is 0 Å². The van der Waals surface area contributed by atoms with Gasteiger partial charge in [0.25, 0.3) is 5.91 Å². The Morgan fingerprint density at radius 2 is 1.43 bits per heavy atom. The lowest BCUT2D eigenvalue weighted by Crippen LogP contribution is -2.30. The summed E-state index contributed by atoms with van der Waals surface area (Å²) in [5.41, 5.74) is 1.09. The number of ether oxygens (including phenoxy) is 1. The number of nitrogens with one attached hydrogen (secondary N) is 1. The molecule has 0 bridgehead atoms. The summed E-state index contributed by atoms with van der Waals surface area (Å²) >= 11 is 0. The van der Waals surface area contributed by atoms with E-state index in [1.807, 2.05) is 30.3 Å². The van der Waals surface area contributed by atoms with Crippen LogP contribution in [0.3, 0.4) is 0 Å². The molecule has 0 heterocycles. The summed E-state index contributed by atoms with van der Waals surface area (Å²) in [4.78, 5) is 14.4. The van der Waals surface area contributed by atoms with Gasteiger partial charge in [0.2, 0.25) is 10.0 Å². The molecule has 1 amide bonds. The zero-order chi connectivity index (χ0) is 21.7. The number of anilines is 1. The normalized spacial score (nSPS) is 11.3. The fraction of sp³-hybridized carbons (Fsp3) is 0.174. The van der Waals surface area contributed by atoms with E-state index in [1.165, 1.54) is 29.2 Å². The summed E-state index contributed by atoms with van der Waals surface area (Å²) in [5.74, 6) is 1.15. The summed E-state index contributed by atoms with van der Waals surface area (Å²) in [6, 6.07) is 22.3. The van der Waals surface area contributed by atoms with E-state index in [1.54, 1.807) is 45.2 Å². The Balaban J connectivity index is 1.70. The molecule has 6 nitrogen and oxygen atoms in total. The van der Waals surface area contributed by atoms with Gasteiger partial charge in [-0.2, -0.15) is 0 Å². The quantitative estimate of drug-likeness (QED) is 0.608. The highest BCUT2D eigenvalue weighted by Gasteiger charge is 2.18. The van der Waals surface area contributed by atoms with E-state index in [-0.39, 0.29) is 16.8 Å². The molecule has 1 N–H and O–H groups in total. The Morgan fingerprint density at radius 3 is 2.00 bits per heavy atom. The van der Waals surface area contributed by atoms with Gasteiger partial charge in [-0.15, -0.1) is 0 Å². The topological polar surface area (TPSA) is 75.7 Å². The SMILES string of the molecule is CC(C)NS(=O)(=O)c1ccc(C(=O)N(C)c2ccc(Oc3ccccc3)cc2)cc1. The van der Waals surface area contributed by atoms with Gasteiger partial charge in [-0.1, -0.05) is 18.2 Å². The maximum Gasteiger partial charge on any atom is 0.258 e. The van der Waals surface area contributed by atoms with Crippen LogP contribution >= 0.6 is 0 Å². The summed E-state index contributed by atoms with van der Waals surface area (Å²) in [5, 5.41) is 0. The fourth-order valence-corrected chi connectivity index (χ4v) is 4.08. The molecule has 0 saturated carbocycles. The molecule has 0 atom stereocenters.